The molecule has 0 aromatic heterocycles. The van der Waals surface area contributed by atoms with Gasteiger partial charge in [0.2, 0.25) is 0 Å². The number of carbonyl (C=O) groups excluding carboxylic acids is 1. The second-order valence-electron chi connectivity index (χ2n) is 1.80. The summed E-state index contributed by atoms with van der Waals surface area (Å²) in [5, 5.41) is 16.6. The largest absolute Gasteiger partial charge is 0.480 e. The molecule has 0 amide bonds. The Morgan fingerprint density at radius 3 is 2.55 bits per heavy atom. The van der Waals surface area contributed by atoms with Gasteiger partial charge in [-0.2, -0.15) is 5.26 Å². The summed E-state index contributed by atoms with van der Waals surface area (Å²) in [6.07, 6.45) is 0.790. The van der Waals surface area contributed by atoms with Crippen molar-refractivity contribution in [1.29, 1.82) is 5.26 Å². The van der Waals surface area contributed by atoms with Crippen LogP contribution in [-0.4, -0.2) is 23.1 Å². The first-order valence-corrected chi connectivity index (χ1v) is 2.72. The van der Waals surface area contributed by atoms with Crippen molar-refractivity contribution in [3.8, 4) is 6.07 Å². The van der Waals surface area contributed by atoms with E-state index in [0.717, 1.165) is 6.08 Å². The predicted molar refractivity (Wildman–Crippen MR) is 35.0 cm³/mol. The highest BCUT2D eigenvalue weighted by molar-refractivity contribution is 5.75. The van der Waals surface area contributed by atoms with Crippen molar-refractivity contribution in [2.45, 2.75) is 6.04 Å². The summed E-state index contributed by atoms with van der Waals surface area (Å²) in [5.41, 5.74) is 5.03. The molecule has 3 N–H and O–H groups in total. The highest BCUT2D eigenvalue weighted by atomic mass is 16.4. The number of nitrogens with two attached hydrogens (primary N) is 1. The fourth-order valence-corrected chi connectivity index (χ4v) is 0.448. The van der Waals surface area contributed by atoms with Crippen molar-refractivity contribution < 1.29 is 14.7 Å². The number of carboxylic acid groups (broad SMARTS) is 1. The zero-order valence-electron chi connectivity index (χ0n) is 5.52. The first-order valence-electron chi connectivity index (χ1n) is 2.72. The standard InChI is InChI=1S/C6H6N2O3/c7-3-4(1-2-9)5(8)6(10)11/h1,4-5H,8H2,(H,10,11). The highest BCUT2D eigenvalue weighted by Gasteiger charge is 2.21. The molecule has 0 saturated carbocycles. The molecule has 0 aliphatic carbocycles. The van der Waals surface area contributed by atoms with Crippen molar-refractivity contribution in [2.24, 2.45) is 11.7 Å². The minimum atomic E-state index is -1.36. The number of nitrogens with zero attached hydrogens (tertiary/aromatic N) is 1. The summed E-state index contributed by atoms with van der Waals surface area (Å²) in [4.78, 5) is 19.9. The molecule has 0 aromatic carbocycles. The van der Waals surface area contributed by atoms with Gasteiger partial charge in [0, 0.05) is 6.08 Å². The molecule has 0 aliphatic heterocycles. The number of hydrogen-bond donors (Lipinski definition) is 2. The zero-order valence-corrected chi connectivity index (χ0v) is 5.52. The van der Waals surface area contributed by atoms with E-state index in [0.29, 0.717) is 0 Å². The Morgan fingerprint density at radius 2 is 2.27 bits per heavy atom. The van der Waals surface area contributed by atoms with Crippen LogP contribution < -0.4 is 5.73 Å². The van der Waals surface area contributed by atoms with Crippen LogP contribution in [-0.2, 0) is 9.59 Å². The summed E-state index contributed by atoms with van der Waals surface area (Å²) in [6, 6.07) is 0.200. The van der Waals surface area contributed by atoms with Crippen molar-refractivity contribution in [2.75, 3.05) is 0 Å². The lowest BCUT2D eigenvalue weighted by Gasteiger charge is -2.05. The Morgan fingerprint density at radius 1 is 1.73 bits per heavy atom. The van der Waals surface area contributed by atoms with Gasteiger partial charge in [0.25, 0.3) is 0 Å². The maximum absolute atomic E-state index is 10.1. The number of carbonyl (C=O) groups is 1. The fraction of sp³-hybridized carbons (Fsp3) is 0.333. The first-order chi connectivity index (χ1) is 5.13. The molecule has 0 aromatic rings. The van der Waals surface area contributed by atoms with E-state index >= 15 is 0 Å². The van der Waals surface area contributed by atoms with E-state index in [1.165, 1.54) is 5.94 Å². The van der Waals surface area contributed by atoms with Gasteiger partial charge in [-0.1, -0.05) is 0 Å². The van der Waals surface area contributed by atoms with Gasteiger partial charge < -0.3 is 10.8 Å². The Labute approximate surface area is 62.7 Å². The Balaban J connectivity index is 4.40. The van der Waals surface area contributed by atoms with Crippen LogP contribution in [0, 0.1) is 17.2 Å². The monoisotopic (exact) mass is 154 g/mol. The van der Waals surface area contributed by atoms with Crippen LogP contribution in [0.15, 0.2) is 6.08 Å². The molecule has 0 spiro atoms. The van der Waals surface area contributed by atoms with Crippen LogP contribution in [0.5, 0.6) is 0 Å². The van der Waals surface area contributed by atoms with E-state index in [2.05, 4.69) is 0 Å². The number of carboxylic acids is 1. The first kappa shape index (κ1) is 9.37. The molecular weight excluding hydrogens is 148 g/mol. The molecule has 0 heterocycles. The van der Waals surface area contributed by atoms with Gasteiger partial charge in [-0.25, -0.2) is 4.79 Å². The molecule has 0 saturated heterocycles. The van der Waals surface area contributed by atoms with E-state index in [9.17, 15) is 9.59 Å². The number of rotatable bonds is 3. The average Bonchev–Trinajstić information content (AvgIpc) is 1.98. The molecule has 5 nitrogen and oxygen atoms in total. The zero-order chi connectivity index (χ0) is 8.85. The summed E-state index contributed by atoms with van der Waals surface area (Å²) >= 11 is 0. The SMILES string of the molecule is N#CC(C=C=O)C(N)C(=O)O. The van der Waals surface area contributed by atoms with E-state index in [1.807, 2.05) is 0 Å². The van der Waals surface area contributed by atoms with Crippen LogP contribution in [0.3, 0.4) is 0 Å². The van der Waals surface area contributed by atoms with Crippen LogP contribution in [0.25, 0.3) is 0 Å². The highest BCUT2D eigenvalue weighted by Crippen LogP contribution is 1.99. The molecule has 58 valence electrons. The van der Waals surface area contributed by atoms with E-state index in [4.69, 9.17) is 16.1 Å². The Kier molecular flexibility index (Phi) is 3.60. The second-order valence-corrected chi connectivity index (χ2v) is 1.80. The van der Waals surface area contributed by atoms with Gasteiger partial charge in [0.1, 0.15) is 17.9 Å². The number of aliphatic carboxylic acids is 1. The smallest absolute Gasteiger partial charge is 0.322 e. The molecule has 2 atom stereocenters. The van der Waals surface area contributed by atoms with Gasteiger partial charge in [0.15, 0.2) is 0 Å². The fourth-order valence-electron chi connectivity index (χ4n) is 0.448. The van der Waals surface area contributed by atoms with Gasteiger partial charge in [-0.3, -0.25) is 4.79 Å². The van der Waals surface area contributed by atoms with Gasteiger partial charge in [-0.05, 0) is 0 Å². The van der Waals surface area contributed by atoms with E-state index in [1.54, 1.807) is 6.07 Å². The summed E-state index contributed by atoms with van der Waals surface area (Å²) in [7, 11) is 0. The van der Waals surface area contributed by atoms with Crippen LogP contribution in [0.2, 0.25) is 0 Å². The molecule has 11 heavy (non-hydrogen) atoms. The minimum Gasteiger partial charge on any atom is -0.480 e. The third kappa shape index (κ3) is 2.63. The topological polar surface area (TPSA) is 104 Å². The van der Waals surface area contributed by atoms with Crippen LogP contribution in [0.4, 0.5) is 0 Å². The Bertz CT molecular complexity index is 237. The molecule has 2 unspecified atom stereocenters. The maximum atomic E-state index is 10.1. The molecule has 0 aliphatic rings. The molecule has 0 fully saturated rings. The van der Waals surface area contributed by atoms with Crippen LogP contribution >= 0.6 is 0 Å². The molecule has 0 bridgehead atoms. The summed E-state index contributed by atoms with van der Waals surface area (Å²) in [5.74, 6) is -1.11. The molecule has 5 heteroatoms. The minimum absolute atomic E-state index is 0.790. The number of nitriles is 1. The second kappa shape index (κ2) is 4.23. The third-order valence-electron chi connectivity index (χ3n) is 1.07. The normalized spacial score (nSPS) is 13.8. The summed E-state index contributed by atoms with van der Waals surface area (Å²) < 4.78 is 0. The van der Waals surface area contributed by atoms with E-state index in [-0.39, 0.29) is 0 Å². The van der Waals surface area contributed by atoms with Gasteiger partial charge in [0.05, 0.1) is 6.07 Å². The van der Waals surface area contributed by atoms with Crippen LogP contribution in [0.1, 0.15) is 0 Å². The van der Waals surface area contributed by atoms with Gasteiger partial charge in [-0.15, -0.1) is 0 Å². The van der Waals surface area contributed by atoms with Gasteiger partial charge >= 0.3 is 5.97 Å². The molecule has 0 radical (unpaired) electrons. The number of hydrogen-bond acceptors (Lipinski definition) is 4. The lowest BCUT2D eigenvalue weighted by atomic mass is 10.0. The lowest BCUT2D eigenvalue weighted by molar-refractivity contribution is -0.139. The van der Waals surface area contributed by atoms with E-state index < -0.39 is 17.9 Å². The lowest BCUT2D eigenvalue weighted by Crippen LogP contribution is -2.36. The Hall–Kier alpha value is -1.63. The van der Waals surface area contributed by atoms with Crippen molar-refractivity contribution >= 4 is 11.9 Å². The van der Waals surface area contributed by atoms with Crippen molar-refractivity contribution in [3.05, 3.63) is 6.08 Å². The maximum Gasteiger partial charge on any atom is 0.322 e. The van der Waals surface area contributed by atoms with Crippen molar-refractivity contribution in [3.63, 3.8) is 0 Å². The molecule has 0 rings (SSSR count). The average molecular weight is 154 g/mol. The summed E-state index contributed by atoms with van der Waals surface area (Å²) in [6.45, 7) is 0. The van der Waals surface area contributed by atoms with Crippen molar-refractivity contribution in [1.82, 2.24) is 0 Å². The third-order valence-corrected chi connectivity index (χ3v) is 1.07. The molecular formula is C6H6N2O3. The quantitative estimate of drug-likeness (QED) is 0.503. The predicted octanol–water partition coefficient (Wildman–Crippen LogP) is -1.07.